The van der Waals surface area contributed by atoms with Gasteiger partial charge in [-0.15, -0.1) is 0 Å². The van der Waals surface area contributed by atoms with Crippen molar-refractivity contribution < 1.29 is 60.8 Å². The predicted octanol–water partition coefficient (Wildman–Crippen LogP) is -2.01. The second-order valence-electron chi connectivity index (χ2n) is 3.03. The molecule has 0 spiro atoms. The van der Waals surface area contributed by atoms with Crippen molar-refractivity contribution in [2.24, 2.45) is 0 Å². The Morgan fingerprint density at radius 2 is 1.78 bits per heavy atom. The molecule has 9 heteroatoms. The third-order valence-electron chi connectivity index (χ3n) is 1.75. The summed E-state index contributed by atoms with van der Waals surface area (Å²) >= 11 is 0. The Hall–Kier alpha value is -0.540. The van der Waals surface area contributed by atoms with Gasteiger partial charge in [-0.05, 0) is 12.1 Å². The fraction of sp³-hybridized carbons (Fsp3) is 0.222. The van der Waals surface area contributed by atoms with Crippen LogP contribution in [0.4, 0.5) is 8.78 Å². The molecule has 0 amide bonds. The van der Waals surface area contributed by atoms with Gasteiger partial charge >= 0.3 is 40.8 Å². The van der Waals surface area contributed by atoms with Crippen LogP contribution in [0.15, 0.2) is 30.3 Å². The van der Waals surface area contributed by atoms with E-state index in [-0.39, 0.29) is 35.1 Å². The van der Waals surface area contributed by atoms with Crippen molar-refractivity contribution in [3.63, 3.8) is 0 Å². The summed E-state index contributed by atoms with van der Waals surface area (Å²) in [6, 6.07) is 7.13. The van der Waals surface area contributed by atoms with Crippen LogP contribution in [0.25, 0.3) is 0 Å². The first-order chi connectivity index (χ1) is 7.74. The summed E-state index contributed by atoms with van der Waals surface area (Å²) in [4.78, 5) is 11.2. The largest absolute Gasteiger partial charge is 1.00 e. The second kappa shape index (κ2) is 6.58. The van der Waals surface area contributed by atoms with E-state index in [1.54, 1.807) is 6.07 Å². The third kappa shape index (κ3) is 4.62. The minimum Gasteiger partial charge on any atom is -0.743 e. The maximum atomic E-state index is 12.6. The predicted molar refractivity (Wildman–Crippen MR) is 51.4 cm³/mol. The van der Waals surface area contributed by atoms with Gasteiger partial charge in [0.05, 0.1) is 5.56 Å². The molecule has 5 nitrogen and oxygen atoms in total. The zero-order valence-corrected chi connectivity index (χ0v) is 12.1. The van der Waals surface area contributed by atoms with Crippen LogP contribution in [-0.4, -0.2) is 30.8 Å². The minimum atomic E-state index is -5.84. The number of alkyl halides is 2. The summed E-state index contributed by atoms with van der Waals surface area (Å²) < 4.78 is 59.6. The summed E-state index contributed by atoms with van der Waals surface area (Å²) in [7, 11) is -5.84. The van der Waals surface area contributed by atoms with E-state index in [9.17, 15) is 26.5 Å². The van der Waals surface area contributed by atoms with Gasteiger partial charge in [-0.2, -0.15) is 8.78 Å². The Morgan fingerprint density at radius 1 is 1.28 bits per heavy atom. The number of hydrogen-bond acceptors (Lipinski definition) is 5. The van der Waals surface area contributed by atoms with Crippen LogP contribution in [0, 0.1) is 0 Å². The Labute approximate surface area is 124 Å². The molecule has 0 aliphatic rings. The van der Waals surface area contributed by atoms with E-state index in [1.165, 1.54) is 24.3 Å². The summed E-state index contributed by atoms with van der Waals surface area (Å²) in [5.41, 5.74) is -0.0217. The first-order valence-electron chi connectivity index (χ1n) is 4.29. The molecule has 1 aromatic carbocycles. The molecule has 0 saturated carbocycles. The molecule has 1 rings (SSSR count). The van der Waals surface area contributed by atoms with Gasteiger partial charge in [0.15, 0.2) is 16.7 Å². The molecular formula is C9H7F2NaO5S. The number of hydrogen-bond donors (Lipinski definition) is 0. The van der Waals surface area contributed by atoms with Gasteiger partial charge in [0.1, 0.15) is 0 Å². The van der Waals surface area contributed by atoms with Gasteiger partial charge in [0.25, 0.3) is 0 Å². The van der Waals surface area contributed by atoms with Crippen LogP contribution in [0.5, 0.6) is 0 Å². The molecule has 0 aliphatic carbocycles. The second-order valence-corrected chi connectivity index (χ2v) is 4.54. The van der Waals surface area contributed by atoms with Crippen LogP contribution in [0.2, 0.25) is 0 Å². The van der Waals surface area contributed by atoms with E-state index in [0.717, 1.165) is 0 Å². The van der Waals surface area contributed by atoms with Crippen LogP contribution in [0.3, 0.4) is 0 Å². The average Bonchev–Trinajstić information content (AvgIpc) is 2.25. The Bertz CT molecular complexity index is 503. The standard InChI is InChI=1S/C9H8F2O5S.Na/c10-9(11,17(13,14)15)6-16-8(12)7-4-2-1-3-5-7;/h1-5H,6H2,(H,13,14,15);/q;+1/p-1. The van der Waals surface area contributed by atoms with Crippen molar-refractivity contribution in [1.29, 1.82) is 0 Å². The molecule has 0 unspecified atom stereocenters. The monoisotopic (exact) mass is 288 g/mol. The molecule has 1 aromatic rings. The summed E-state index contributed by atoms with van der Waals surface area (Å²) in [5.74, 6) is -1.13. The van der Waals surface area contributed by atoms with E-state index in [2.05, 4.69) is 4.74 Å². The first kappa shape index (κ1) is 17.5. The van der Waals surface area contributed by atoms with Crippen LogP contribution in [0.1, 0.15) is 10.4 Å². The number of halogens is 2. The van der Waals surface area contributed by atoms with Crippen LogP contribution >= 0.6 is 0 Å². The summed E-state index contributed by atoms with van der Waals surface area (Å²) in [6.45, 7) is -1.80. The SMILES string of the molecule is O=C(OCC(F)(F)S(=O)(=O)[O-])c1ccccc1.[Na+]. The third-order valence-corrected chi connectivity index (χ3v) is 2.60. The maximum Gasteiger partial charge on any atom is 1.00 e. The van der Waals surface area contributed by atoms with Gasteiger partial charge < -0.3 is 9.29 Å². The quantitative estimate of drug-likeness (QED) is 0.363. The van der Waals surface area contributed by atoms with E-state index in [0.29, 0.717) is 0 Å². The fourth-order valence-corrected chi connectivity index (χ4v) is 1.08. The fourth-order valence-electron chi connectivity index (χ4n) is 0.879. The molecular weight excluding hydrogens is 281 g/mol. The Balaban J connectivity index is 0.00000289. The molecule has 94 valence electrons. The van der Waals surface area contributed by atoms with Crippen molar-refractivity contribution in [2.45, 2.75) is 5.25 Å². The average molecular weight is 288 g/mol. The minimum absolute atomic E-state index is 0. The van der Waals surface area contributed by atoms with Crippen LogP contribution in [-0.2, 0) is 14.9 Å². The molecule has 0 radical (unpaired) electrons. The van der Waals surface area contributed by atoms with E-state index < -0.39 is 27.9 Å². The van der Waals surface area contributed by atoms with Crippen molar-refractivity contribution in [3.8, 4) is 0 Å². The molecule has 0 atom stereocenters. The maximum absolute atomic E-state index is 12.6. The number of benzene rings is 1. The number of carbonyl (C=O) groups is 1. The zero-order valence-electron chi connectivity index (χ0n) is 9.30. The molecule has 0 bridgehead atoms. The van der Waals surface area contributed by atoms with Crippen molar-refractivity contribution in [1.82, 2.24) is 0 Å². The number of carbonyl (C=O) groups excluding carboxylic acids is 1. The molecule has 0 fully saturated rings. The summed E-state index contributed by atoms with van der Waals surface area (Å²) in [5, 5.41) is -4.63. The smallest absolute Gasteiger partial charge is 0.743 e. The molecule has 18 heavy (non-hydrogen) atoms. The van der Waals surface area contributed by atoms with E-state index in [4.69, 9.17) is 0 Å². The Kier molecular flexibility index (Phi) is 6.38. The van der Waals surface area contributed by atoms with Gasteiger partial charge in [-0.25, -0.2) is 13.2 Å². The number of esters is 1. The molecule has 0 N–H and O–H groups in total. The van der Waals surface area contributed by atoms with Crippen LogP contribution < -0.4 is 29.6 Å². The van der Waals surface area contributed by atoms with Gasteiger partial charge in [-0.3, -0.25) is 0 Å². The molecule has 0 aromatic heterocycles. The van der Waals surface area contributed by atoms with Gasteiger partial charge in [0.2, 0.25) is 0 Å². The van der Waals surface area contributed by atoms with Crippen molar-refractivity contribution >= 4 is 16.1 Å². The topological polar surface area (TPSA) is 83.5 Å². The first-order valence-corrected chi connectivity index (χ1v) is 5.70. The van der Waals surface area contributed by atoms with Crippen molar-refractivity contribution in [3.05, 3.63) is 35.9 Å². The van der Waals surface area contributed by atoms with Gasteiger partial charge in [0, 0.05) is 0 Å². The number of rotatable bonds is 4. The van der Waals surface area contributed by atoms with Crippen molar-refractivity contribution in [2.75, 3.05) is 6.61 Å². The molecule has 0 saturated heterocycles. The molecule has 0 aliphatic heterocycles. The molecule has 0 heterocycles. The van der Waals surface area contributed by atoms with Gasteiger partial charge in [-0.1, -0.05) is 18.2 Å². The Morgan fingerprint density at radius 3 is 2.22 bits per heavy atom. The number of ether oxygens (including phenoxy) is 1. The van der Waals surface area contributed by atoms with E-state index in [1.807, 2.05) is 0 Å². The summed E-state index contributed by atoms with van der Waals surface area (Å²) in [6.07, 6.45) is 0. The van der Waals surface area contributed by atoms with E-state index >= 15 is 0 Å². The zero-order chi connectivity index (χ0) is 13.1. The normalized spacial score (nSPS) is 11.5.